The van der Waals surface area contributed by atoms with Gasteiger partial charge in [-0.05, 0) is 19.1 Å². The second-order valence-corrected chi connectivity index (χ2v) is 3.22. The Morgan fingerprint density at radius 1 is 1.53 bits per heavy atom. The van der Waals surface area contributed by atoms with E-state index in [0.29, 0.717) is 5.75 Å². The molecule has 0 aliphatic rings. The number of aliphatic carboxylic acids is 1. The fraction of sp³-hybridized carbons (Fsp3) is 0.200. The molecule has 1 N–H and O–H groups in total. The van der Waals surface area contributed by atoms with Gasteiger partial charge in [0, 0.05) is 12.1 Å². The van der Waals surface area contributed by atoms with Gasteiger partial charge in [0.15, 0.2) is 5.75 Å². The summed E-state index contributed by atoms with van der Waals surface area (Å²) in [4.78, 5) is 25.1. The molecule has 0 spiro atoms. The first-order valence-electron chi connectivity index (χ1n) is 4.68. The highest BCUT2D eigenvalue weighted by molar-refractivity contribution is 5.87. The molecule has 0 amide bonds. The van der Waals surface area contributed by atoms with Gasteiger partial charge >= 0.3 is 5.97 Å². The lowest BCUT2D eigenvalue weighted by molar-refractivity contribution is -0.384. The summed E-state index contributed by atoms with van der Waals surface area (Å²) in [7, 11) is 0. The highest BCUT2D eigenvalue weighted by atomic mass is 16.6. The van der Waals surface area contributed by atoms with Gasteiger partial charge in [0.05, 0.1) is 17.1 Å². The minimum atomic E-state index is -1.01. The number of rotatable bonds is 5. The number of carbonyl (C=O) groups is 1. The van der Waals surface area contributed by atoms with Crippen LogP contribution >= 0.6 is 0 Å². The summed E-state index contributed by atoms with van der Waals surface area (Å²) in [5.41, 5.74) is -0.0553. The molecule has 0 radical (unpaired) electrons. The molecule has 0 heterocycles. The minimum absolute atomic E-state index is 0.0553. The largest absolute Gasteiger partial charge is 0.481 e. The Balaban J connectivity index is 2.58. The predicted molar refractivity (Wildman–Crippen MR) is 59.0 cm³/mol. The van der Waals surface area contributed by atoms with E-state index in [9.17, 15) is 14.9 Å². The molecule has 0 aromatic heterocycles. The molecule has 17 heavy (non-hydrogen) atoms. The molecule has 0 saturated heterocycles. The van der Waals surface area contributed by atoms with Crippen molar-refractivity contribution >= 4 is 17.9 Å². The zero-order valence-corrected chi connectivity index (χ0v) is 8.94. The van der Waals surface area contributed by atoms with Crippen LogP contribution in [0.1, 0.15) is 6.92 Å². The van der Waals surface area contributed by atoms with Crippen molar-refractivity contribution in [2.75, 3.05) is 0 Å². The molecule has 0 saturated carbocycles. The van der Waals surface area contributed by atoms with E-state index in [2.05, 4.69) is 5.16 Å². The third-order valence-electron chi connectivity index (χ3n) is 1.88. The molecule has 0 aliphatic heterocycles. The van der Waals surface area contributed by atoms with Crippen molar-refractivity contribution in [1.29, 1.82) is 0 Å². The minimum Gasteiger partial charge on any atom is -0.481 e. The molecular weight excluding hydrogens is 228 g/mol. The summed E-state index contributed by atoms with van der Waals surface area (Å²) in [6.45, 7) is 1.45. The van der Waals surface area contributed by atoms with Crippen LogP contribution < -0.4 is 4.84 Å². The standard InChI is InChI=1S/C10H10N2O5/c1-7(10(13)14)6-11-17-9-4-2-8(3-5-9)12(15)16/h2-7H,1H3,(H,13,14)/b11-6+. The van der Waals surface area contributed by atoms with Crippen LogP contribution in [0.25, 0.3) is 0 Å². The van der Waals surface area contributed by atoms with Crippen LogP contribution in [0, 0.1) is 16.0 Å². The van der Waals surface area contributed by atoms with Crippen LogP contribution in [0.15, 0.2) is 29.4 Å². The first-order valence-corrected chi connectivity index (χ1v) is 4.68. The molecular formula is C10H10N2O5. The Kier molecular flexibility index (Phi) is 4.15. The van der Waals surface area contributed by atoms with Crippen molar-refractivity contribution in [3.8, 4) is 5.75 Å². The molecule has 0 fully saturated rings. The van der Waals surface area contributed by atoms with E-state index in [4.69, 9.17) is 9.94 Å². The van der Waals surface area contributed by atoms with E-state index in [0.717, 1.165) is 6.21 Å². The Hall–Kier alpha value is -2.44. The number of carboxylic acids is 1. The quantitative estimate of drug-likeness (QED) is 0.477. The maximum Gasteiger partial charge on any atom is 0.311 e. The lowest BCUT2D eigenvalue weighted by Crippen LogP contribution is -2.10. The van der Waals surface area contributed by atoms with Crippen LogP contribution in [-0.2, 0) is 4.79 Å². The van der Waals surface area contributed by atoms with E-state index in [1.54, 1.807) is 0 Å². The van der Waals surface area contributed by atoms with Gasteiger partial charge in [0.1, 0.15) is 0 Å². The van der Waals surface area contributed by atoms with Gasteiger partial charge in [-0.15, -0.1) is 0 Å². The Labute approximate surface area is 96.5 Å². The topological polar surface area (TPSA) is 102 Å². The number of nitro groups is 1. The highest BCUT2D eigenvalue weighted by Gasteiger charge is 2.07. The highest BCUT2D eigenvalue weighted by Crippen LogP contribution is 2.17. The molecule has 7 heteroatoms. The molecule has 0 bridgehead atoms. The van der Waals surface area contributed by atoms with Crippen LogP contribution in [0.3, 0.4) is 0 Å². The van der Waals surface area contributed by atoms with E-state index in [-0.39, 0.29) is 5.69 Å². The van der Waals surface area contributed by atoms with Gasteiger partial charge in [0.2, 0.25) is 0 Å². The fourth-order valence-corrected chi connectivity index (χ4v) is 0.875. The smallest absolute Gasteiger partial charge is 0.311 e. The van der Waals surface area contributed by atoms with E-state index >= 15 is 0 Å². The third kappa shape index (κ3) is 3.90. The van der Waals surface area contributed by atoms with Gasteiger partial charge < -0.3 is 9.94 Å². The number of non-ortho nitro benzene ring substituents is 1. The normalized spacial score (nSPS) is 12.3. The van der Waals surface area contributed by atoms with Gasteiger partial charge in [-0.3, -0.25) is 14.9 Å². The summed E-state index contributed by atoms with van der Waals surface area (Å²) < 4.78 is 0. The summed E-state index contributed by atoms with van der Waals surface area (Å²) >= 11 is 0. The SMILES string of the molecule is CC(/C=N/Oc1ccc([N+](=O)[O-])cc1)C(=O)O. The fourth-order valence-electron chi connectivity index (χ4n) is 0.875. The molecule has 1 aromatic rings. The molecule has 90 valence electrons. The summed E-state index contributed by atoms with van der Waals surface area (Å²) in [6.07, 6.45) is 1.13. The molecule has 0 aliphatic carbocycles. The summed E-state index contributed by atoms with van der Waals surface area (Å²) in [5.74, 6) is -1.47. The maximum absolute atomic E-state index is 10.4. The zero-order valence-electron chi connectivity index (χ0n) is 8.94. The van der Waals surface area contributed by atoms with Crippen molar-refractivity contribution in [2.24, 2.45) is 11.1 Å². The van der Waals surface area contributed by atoms with Crippen LogP contribution in [0.2, 0.25) is 0 Å². The monoisotopic (exact) mass is 238 g/mol. The predicted octanol–water partition coefficient (Wildman–Crippen LogP) is 1.68. The average molecular weight is 238 g/mol. The number of benzene rings is 1. The van der Waals surface area contributed by atoms with Crippen molar-refractivity contribution in [2.45, 2.75) is 6.92 Å². The summed E-state index contributed by atoms with van der Waals surface area (Å²) in [5, 5.41) is 22.4. The zero-order chi connectivity index (χ0) is 12.8. The third-order valence-corrected chi connectivity index (χ3v) is 1.88. The molecule has 1 rings (SSSR count). The van der Waals surface area contributed by atoms with Gasteiger partial charge in [-0.2, -0.15) is 0 Å². The number of hydrogen-bond acceptors (Lipinski definition) is 5. The number of nitro benzene ring substituents is 1. The molecule has 1 atom stereocenters. The van der Waals surface area contributed by atoms with E-state index < -0.39 is 16.8 Å². The Bertz CT molecular complexity index is 441. The summed E-state index contributed by atoms with van der Waals surface area (Å²) in [6, 6.07) is 5.29. The Morgan fingerprint density at radius 2 is 2.12 bits per heavy atom. The van der Waals surface area contributed by atoms with Crippen LogP contribution in [0.5, 0.6) is 5.75 Å². The lowest BCUT2D eigenvalue weighted by atomic mass is 10.2. The number of oxime groups is 1. The maximum atomic E-state index is 10.4. The number of carboxylic acid groups (broad SMARTS) is 1. The second kappa shape index (κ2) is 5.59. The second-order valence-electron chi connectivity index (χ2n) is 3.22. The lowest BCUT2D eigenvalue weighted by Gasteiger charge is -1.99. The number of hydrogen-bond donors (Lipinski definition) is 1. The van der Waals surface area contributed by atoms with Gasteiger partial charge in [-0.1, -0.05) is 5.16 Å². The van der Waals surface area contributed by atoms with Crippen molar-refractivity contribution in [3.63, 3.8) is 0 Å². The van der Waals surface area contributed by atoms with Crippen molar-refractivity contribution in [1.82, 2.24) is 0 Å². The molecule has 7 nitrogen and oxygen atoms in total. The first-order chi connectivity index (χ1) is 8.00. The van der Waals surface area contributed by atoms with E-state index in [1.165, 1.54) is 31.2 Å². The molecule has 1 unspecified atom stereocenters. The first kappa shape index (κ1) is 12.6. The van der Waals surface area contributed by atoms with Crippen molar-refractivity contribution in [3.05, 3.63) is 34.4 Å². The van der Waals surface area contributed by atoms with Crippen LogP contribution in [-0.4, -0.2) is 22.2 Å². The van der Waals surface area contributed by atoms with Crippen molar-refractivity contribution < 1.29 is 19.7 Å². The van der Waals surface area contributed by atoms with Crippen LogP contribution in [0.4, 0.5) is 5.69 Å². The molecule has 1 aromatic carbocycles. The van der Waals surface area contributed by atoms with Gasteiger partial charge in [0.25, 0.3) is 5.69 Å². The van der Waals surface area contributed by atoms with E-state index in [1.807, 2.05) is 0 Å². The average Bonchev–Trinajstić information content (AvgIpc) is 2.29. The number of nitrogens with zero attached hydrogens (tertiary/aromatic N) is 2. The Morgan fingerprint density at radius 3 is 2.59 bits per heavy atom. The van der Waals surface area contributed by atoms with Gasteiger partial charge in [-0.25, -0.2) is 0 Å².